The number of hydrogen-bond acceptors (Lipinski definition) is 7. The third-order valence-electron chi connectivity index (χ3n) is 6.73. The quantitative estimate of drug-likeness (QED) is 0.510. The Bertz CT molecular complexity index is 1210. The first kappa shape index (κ1) is 23.3. The minimum Gasteiger partial charge on any atom is -0.489 e. The SMILES string of the molecule is CS(=O)(=O)c1ccc2c(ccn2-c2ccc(OC3CCN(CCN4CCOCC4)CC3)cn2)c1. The molecule has 4 heterocycles. The number of aromatic nitrogens is 2. The topological polar surface area (TPSA) is 76.9 Å². The van der Waals surface area contributed by atoms with Crippen molar-refractivity contribution in [2.45, 2.75) is 23.8 Å². The average molecular weight is 485 g/mol. The standard InChI is InChI=1S/C25H32N4O4S/c1-34(30,31)23-3-4-24-20(18-23)6-11-29(24)25-5-2-22(19-26-25)33-21-7-9-27(10-8-21)12-13-28-14-16-32-17-15-28/h2-6,11,18-19,21H,7-10,12-17H2,1H3. The van der Waals surface area contributed by atoms with Gasteiger partial charge in [0.1, 0.15) is 17.7 Å². The molecule has 0 bridgehead atoms. The maximum atomic E-state index is 11.8. The van der Waals surface area contributed by atoms with E-state index < -0.39 is 9.84 Å². The molecule has 5 rings (SSSR count). The Balaban J connectivity index is 1.15. The van der Waals surface area contributed by atoms with Crippen LogP contribution in [-0.2, 0) is 14.6 Å². The van der Waals surface area contributed by atoms with E-state index in [0.29, 0.717) is 4.90 Å². The van der Waals surface area contributed by atoms with Crippen LogP contribution >= 0.6 is 0 Å². The van der Waals surface area contributed by atoms with Gasteiger partial charge in [0.2, 0.25) is 0 Å². The van der Waals surface area contributed by atoms with Crippen molar-refractivity contribution in [3.63, 3.8) is 0 Å². The highest BCUT2D eigenvalue weighted by atomic mass is 32.2. The van der Waals surface area contributed by atoms with Gasteiger partial charge >= 0.3 is 0 Å². The molecule has 0 atom stereocenters. The molecular weight excluding hydrogens is 452 g/mol. The van der Waals surface area contributed by atoms with Crippen molar-refractivity contribution < 1.29 is 17.9 Å². The zero-order valence-corrected chi connectivity index (χ0v) is 20.4. The summed E-state index contributed by atoms with van der Waals surface area (Å²) in [5, 5.41) is 0.866. The molecule has 2 aromatic heterocycles. The molecule has 0 spiro atoms. The maximum absolute atomic E-state index is 11.8. The number of sulfone groups is 1. The van der Waals surface area contributed by atoms with Gasteiger partial charge in [-0.15, -0.1) is 0 Å². The van der Waals surface area contributed by atoms with Crippen LogP contribution in [0.2, 0.25) is 0 Å². The lowest BCUT2D eigenvalue weighted by atomic mass is 10.1. The highest BCUT2D eigenvalue weighted by molar-refractivity contribution is 7.90. The van der Waals surface area contributed by atoms with Gasteiger partial charge in [-0.1, -0.05) is 0 Å². The molecule has 0 N–H and O–H groups in total. The van der Waals surface area contributed by atoms with Gasteiger partial charge in [-0.3, -0.25) is 4.90 Å². The molecule has 34 heavy (non-hydrogen) atoms. The number of fused-ring (bicyclic) bond motifs is 1. The number of pyridine rings is 1. The number of likely N-dealkylation sites (tertiary alicyclic amines) is 1. The van der Waals surface area contributed by atoms with Gasteiger partial charge in [-0.05, 0) is 49.2 Å². The Morgan fingerprint density at radius 3 is 2.41 bits per heavy atom. The zero-order chi connectivity index (χ0) is 23.5. The molecule has 0 radical (unpaired) electrons. The van der Waals surface area contributed by atoms with E-state index >= 15 is 0 Å². The predicted molar refractivity (Wildman–Crippen MR) is 132 cm³/mol. The number of morpholine rings is 1. The summed E-state index contributed by atoms with van der Waals surface area (Å²) < 4.78 is 37.3. The molecule has 3 aromatic rings. The van der Waals surface area contributed by atoms with Gasteiger partial charge in [-0.25, -0.2) is 13.4 Å². The van der Waals surface area contributed by atoms with Gasteiger partial charge in [0.15, 0.2) is 9.84 Å². The molecule has 2 aliphatic rings. The molecule has 0 aliphatic carbocycles. The molecule has 0 amide bonds. The van der Waals surface area contributed by atoms with E-state index in [2.05, 4.69) is 14.8 Å². The third-order valence-corrected chi connectivity index (χ3v) is 7.84. The van der Waals surface area contributed by atoms with Gasteiger partial charge in [-0.2, -0.15) is 0 Å². The predicted octanol–water partition coefficient (Wildman–Crippen LogP) is 2.60. The minimum absolute atomic E-state index is 0.217. The van der Waals surface area contributed by atoms with Crippen LogP contribution in [0.25, 0.3) is 16.7 Å². The Labute approximate surface area is 201 Å². The lowest BCUT2D eigenvalue weighted by Crippen LogP contribution is -2.44. The van der Waals surface area contributed by atoms with E-state index in [1.165, 1.54) is 6.26 Å². The highest BCUT2D eigenvalue weighted by Crippen LogP contribution is 2.24. The number of ether oxygens (including phenoxy) is 2. The van der Waals surface area contributed by atoms with Crippen molar-refractivity contribution >= 4 is 20.7 Å². The van der Waals surface area contributed by atoms with Crippen LogP contribution in [-0.4, -0.2) is 92.6 Å². The molecule has 182 valence electrons. The average Bonchev–Trinajstić information content (AvgIpc) is 3.28. The van der Waals surface area contributed by atoms with Crippen LogP contribution in [0.3, 0.4) is 0 Å². The second-order valence-electron chi connectivity index (χ2n) is 9.14. The second kappa shape index (κ2) is 10.0. The summed E-state index contributed by atoms with van der Waals surface area (Å²) in [5.41, 5.74) is 0.915. The summed E-state index contributed by atoms with van der Waals surface area (Å²) in [6.07, 6.45) is 7.17. The van der Waals surface area contributed by atoms with Crippen LogP contribution in [0, 0.1) is 0 Å². The summed E-state index contributed by atoms with van der Waals surface area (Å²) in [4.78, 5) is 9.93. The van der Waals surface area contributed by atoms with Crippen LogP contribution in [0.5, 0.6) is 5.75 Å². The first-order valence-electron chi connectivity index (χ1n) is 11.9. The minimum atomic E-state index is -3.23. The lowest BCUT2D eigenvalue weighted by Gasteiger charge is -2.34. The molecule has 2 aliphatic heterocycles. The Morgan fingerprint density at radius 2 is 1.74 bits per heavy atom. The van der Waals surface area contributed by atoms with Crippen molar-refractivity contribution in [1.29, 1.82) is 0 Å². The number of rotatable bonds is 7. The molecule has 0 saturated carbocycles. The van der Waals surface area contributed by atoms with Crippen LogP contribution in [0.1, 0.15) is 12.8 Å². The fourth-order valence-corrected chi connectivity index (χ4v) is 5.34. The fourth-order valence-electron chi connectivity index (χ4n) is 4.69. The van der Waals surface area contributed by atoms with Gasteiger partial charge in [0, 0.05) is 57.1 Å². The Hall–Kier alpha value is -2.46. The summed E-state index contributed by atoms with van der Waals surface area (Å²) in [5.74, 6) is 1.55. The Morgan fingerprint density at radius 1 is 1.00 bits per heavy atom. The molecule has 0 unspecified atom stereocenters. The summed E-state index contributed by atoms with van der Waals surface area (Å²) in [6, 6.07) is 11.0. The van der Waals surface area contributed by atoms with Crippen molar-refractivity contribution in [3.8, 4) is 11.6 Å². The second-order valence-corrected chi connectivity index (χ2v) is 11.2. The molecule has 8 nitrogen and oxygen atoms in total. The van der Waals surface area contributed by atoms with Gasteiger partial charge in [0.25, 0.3) is 0 Å². The molecule has 9 heteroatoms. The molecular formula is C25H32N4O4S. The molecule has 2 fully saturated rings. The van der Waals surface area contributed by atoms with Crippen LogP contribution < -0.4 is 4.74 Å². The van der Waals surface area contributed by atoms with E-state index in [9.17, 15) is 8.42 Å². The van der Waals surface area contributed by atoms with Crippen LogP contribution in [0.15, 0.2) is 53.7 Å². The van der Waals surface area contributed by atoms with E-state index in [0.717, 1.165) is 87.8 Å². The summed E-state index contributed by atoms with van der Waals surface area (Å²) in [7, 11) is -3.23. The molecule has 1 aromatic carbocycles. The lowest BCUT2D eigenvalue weighted by molar-refractivity contribution is 0.0289. The monoisotopic (exact) mass is 484 g/mol. The third kappa shape index (κ3) is 5.43. The smallest absolute Gasteiger partial charge is 0.175 e. The zero-order valence-electron chi connectivity index (χ0n) is 19.6. The van der Waals surface area contributed by atoms with Gasteiger partial charge < -0.3 is 18.9 Å². The summed E-state index contributed by atoms with van der Waals surface area (Å²) >= 11 is 0. The number of piperidine rings is 1. The van der Waals surface area contributed by atoms with E-state index in [4.69, 9.17) is 9.47 Å². The maximum Gasteiger partial charge on any atom is 0.175 e. The normalized spacial score (nSPS) is 19.0. The largest absolute Gasteiger partial charge is 0.489 e. The van der Waals surface area contributed by atoms with Crippen molar-refractivity contribution in [3.05, 3.63) is 48.8 Å². The van der Waals surface area contributed by atoms with Crippen molar-refractivity contribution in [2.24, 2.45) is 0 Å². The van der Waals surface area contributed by atoms with Crippen LogP contribution in [0.4, 0.5) is 0 Å². The van der Waals surface area contributed by atoms with E-state index in [-0.39, 0.29) is 6.10 Å². The highest BCUT2D eigenvalue weighted by Gasteiger charge is 2.21. The fraction of sp³-hybridized carbons (Fsp3) is 0.480. The van der Waals surface area contributed by atoms with E-state index in [1.54, 1.807) is 18.3 Å². The number of nitrogens with zero attached hydrogens (tertiary/aromatic N) is 4. The van der Waals surface area contributed by atoms with Crippen molar-refractivity contribution in [2.75, 3.05) is 58.7 Å². The number of hydrogen-bond donors (Lipinski definition) is 0. The van der Waals surface area contributed by atoms with Gasteiger partial charge in [0.05, 0.1) is 29.8 Å². The first-order valence-corrected chi connectivity index (χ1v) is 13.8. The summed E-state index contributed by atoms with van der Waals surface area (Å²) in [6.45, 7) is 8.15. The number of benzene rings is 1. The van der Waals surface area contributed by atoms with E-state index in [1.807, 2.05) is 35.0 Å². The van der Waals surface area contributed by atoms with Crippen molar-refractivity contribution in [1.82, 2.24) is 19.4 Å². The Kier molecular flexibility index (Phi) is 6.87. The molecule has 2 saturated heterocycles. The first-order chi connectivity index (χ1) is 16.5.